The fourth-order valence-corrected chi connectivity index (χ4v) is 6.09. The number of benzene rings is 2. The lowest BCUT2D eigenvalue weighted by atomic mass is 10.1. The number of carbonyl (C=O) groups excluding carboxylic acids is 1. The molecule has 3 aromatic rings. The summed E-state index contributed by atoms with van der Waals surface area (Å²) in [4.78, 5) is 30.0. The number of aromatic nitrogens is 1. The normalized spacial score (nSPS) is 14.8. The number of hydrogen-bond acceptors (Lipinski definition) is 6. The summed E-state index contributed by atoms with van der Waals surface area (Å²) in [5, 5.41) is 11.8. The van der Waals surface area contributed by atoms with Crippen molar-refractivity contribution < 1.29 is 40.7 Å². The Labute approximate surface area is 263 Å². The highest BCUT2D eigenvalue weighted by Gasteiger charge is 2.34. The van der Waals surface area contributed by atoms with Gasteiger partial charge >= 0.3 is 12.1 Å². The van der Waals surface area contributed by atoms with Gasteiger partial charge in [0.15, 0.2) is 0 Å². The Bertz CT molecular complexity index is 1750. The first-order valence-electron chi connectivity index (χ1n) is 14.1. The molecule has 244 valence electrons. The first-order valence-corrected chi connectivity index (χ1v) is 15.5. The molecule has 0 bridgehead atoms. The van der Waals surface area contributed by atoms with Crippen molar-refractivity contribution >= 4 is 27.8 Å². The van der Waals surface area contributed by atoms with Crippen LogP contribution in [-0.2, 0) is 27.7 Å². The molecule has 1 aliphatic heterocycles. The summed E-state index contributed by atoms with van der Waals surface area (Å²) >= 11 is 0. The van der Waals surface area contributed by atoms with Gasteiger partial charge in [-0.05, 0) is 60.0 Å². The molecule has 0 aliphatic carbocycles. The van der Waals surface area contributed by atoms with Crippen LogP contribution in [0.25, 0.3) is 0 Å². The summed E-state index contributed by atoms with van der Waals surface area (Å²) in [5.41, 5.74) is 0.650. The topological polar surface area (TPSA) is 132 Å². The number of hydrogen-bond donors (Lipinski definition) is 3. The Morgan fingerprint density at radius 3 is 2.24 bits per heavy atom. The van der Waals surface area contributed by atoms with E-state index < -0.39 is 51.6 Å². The molecule has 0 spiro atoms. The number of carbonyl (C=O) groups is 2. The predicted molar refractivity (Wildman–Crippen MR) is 161 cm³/mol. The van der Waals surface area contributed by atoms with Crippen molar-refractivity contribution in [3.8, 4) is 11.8 Å². The number of anilines is 1. The predicted octanol–water partition coefficient (Wildman–Crippen LogP) is 3.63. The monoisotopic (exact) mass is 661 g/mol. The molecule has 0 radical (unpaired) electrons. The van der Waals surface area contributed by atoms with E-state index in [2.05, 4.69) is 26.9 Å². The summed E-state index contributed by atoms with van der Waals surface area (Å²) in [7, 11) is -3.97. The molecule has 1 aromatic heterocycles. The van der Waals surface area contributed by atoms with Gasteiger partial charge in [0, 0.05) is 55.7 Å². The van der Waals surface area contributed by atoms with Crippen molar-refractivity contribution in [3.05, 3.63) is 94.6 Å². The van der Waals surface area contributed by atoms with Crippen LogP contribution in [0, 0.1) is 23.6 Å². The maximum atomic E-state index is 13.5. The third-order valence-electron chi connectivity index (χ3n) is 7.15. The molecule has 1 fully saturated rings. The van der Waals surface area contributed by atoms with Crippen LogP contribution < -0.4 is 14.9 Å². The first-order chi connectivity index (χ1) is 21.6. The molecule has 0 unspecified atom stereocenters. The molecule has 4 rings (SSSR count). The molecule has 1 atom stereocenters. The number of rotatable bonds is 9. The maximum absolute atomic E-state index is 13.5. The number of pyridine rings is 1. The van der Waals surface area contributed by atoms with Gasteiger partial charge in [0.1, 0.15) is 17.6 Å². The molecular formula is C31H31F4N5O5S. The molecule has 46 heavy (non-hydrogen) atoms. The van der Waals surface area contributed by atoms with E-state index in [-0.39, 0.29) is 30.9 Å². The molecule has 15 heteroatoms. The van der Waals surface area contributed by atoms with Gasteiger partial charge in [-0.1, -0.05) is 31.8 Å². The number of amides is 1. The lowest BCUT2D eigenvalue weighted by molar-refractivity contribution is -0.141. The van der Waals surface area contributed by atoms with Gasteiger partial charge in [0.05, 0.1) is 5.56 Å². The second kappa shape index (κ2) is 14.3. The Kier molecular flexibility index (Phi) is 10.7. The second-order valence-corrected chi connectivity index (χ2v) is 12.5. The number of nitrogens with one attached hydrogen (secondary N) is 2. The van der Waals surface area contributed by atoms with Crippen LogP contribution >= 0.6 is 0 Å². The molecule has 10 nitrogen and oxygen atoms in total. The third kappa shape index (κ3) is 8.81. The molecule has 2 heterocycles. The van der Waals surface area contributed by atoms with Crippen molar-refractivity contribution in [2.45, 2.75) is 32.6 Å². The Balaban J connectivity index is 1.33. The van der Waals surface area contributed by atoms with E-state index in [1.807, 2.05) is 17.0 Å². The zero-order valence-corrected chi connectivity index (χ0v) is 25.6. The van der Waals surface area contributed by atoms with E-state index in [1.165, 1.54) is 16.6 Å². The maximum Gasteiger partial charge on any atom is 0.419 e. The average Bonchev–Trinajstić information content (AvgIpc) is 3.01. The summed E-state index contributed by atoms with van der Waals surface area (Å²) in [5.74, 6) is 2.24. The summed E-state index contributed by atoms with van der Waals surface area (Å²) in [6.07, 6.45) is -3.48. The van der Waals surface area contributed by atoms with Gasteiger partial charge < -0.3 is 15.3 Å². The van der Waals surface area contributed by atoms with Crippen LogP contribution in [0.4, 0.5) is 23.2 Å². The van der Waals surface area contributed by atoms with Crippen LogP contribution in [0.15, 0.2) is 60.8 Å². The van der Waals surface area contributed by atoms with Crippen molar-refractivity contribution in [1.29, 1.82) is 0 Å². The van der Waals surface area contributed by atoms with Crippen LogP contribution in [0.1, 0.15) is 46.6 Å². The van der Waals surface area contributed by atoms with E-state index in [9.17, 15) is 40.7 Å². The largest absolute Gasteiger partial charge is 0.480 e. The van der Waals surface area contributed by atoms with Crippen molar-refractivity contribution in [1.82, 2.24) is 19.3 Å². The lowest BCUT2D eigenvalue weighted by Crippen LogP contribution is -2.55. The molecular weight excluding hydrogens is 630 g/mol. The van der Waals surface area contributed by atoms with Gasteiger partial charge in [-0.25, -0.2) is 4.39 Å². The highest BCUT2D eigenvalue weighted by molar-refractivity contribution is 7.87. The van der Waals surface area contributed by atoms with E-state index in [0.29, 0.717) is 36.3 Å². The van der Waals surface area contributed by atoms with Gasteiger partial charge in [0.2, 0.25) is 0 Å². The minimum absolute atomic E-state index is 0.000604. The minimum atomic E-state index is -4.86. The Morgan fingerprint density at radius 2 is 1.63 bits per heavy atom. The van der Waals surface area contributed by atoms with Crippen LogP contribution in [0.2, 0.25) is 0 Å². The van der Waals surface area contributed by atoms with Crippen LogP contribution in [0.5, 0.6) is 0 Å². The van der Waals surface area contributed by atoms with E-state index in [4.69, 9.17) is 0 Å². The minimum Gasteiger partial charge on any atom is -0.480 e. The Hall–Kier alpha value is -4.52. The number of carboxylic acids is 1. The zero-order valence-electron chi connectivity index (χ0n) is 24.8. The van der Waals surface area contributed by atoms with Crippen LogP contribution in [0.3, 0.4) is 0 Å². The second-order valence-electron chi connectivity index (χ2n) is 10.8. The smallest absolute Gasteiger partial charge is 0.419 e. The summed E-state index contributed by atoms with van der Waals surface area (Å²) in [6, 6.07) is 11.6. The van der Waals surface area contributed by atoms with Gasteiger partial charge in [-0.2, -0.15) is 30.6 Å². The number of alkyl halides is 3. The number of halogens is 4. The number of nitrogens with zero attached hydrogens (tertiary/aromatic N) is 3. The van der Waals surface area contributed by atoms with Crippen molar-refractivity contribution in [2.75, 3.05) is 31.1 Å². The standard InChI is InChI=1S/C31H31F4N5O5S/c1-20(2)28(30(42)43)38-46(44,45)40-15-13-39(14-16-40)24-8-5-21(6-9-24)3-4-22-11-12-36-27(18-22)29(41)37-19-23-7-10-26(32)25(17-23)31(33,34)35/h5-12,17-18,20,28,38H,13-16,19H2,1-2H3,(H,37,41)(H,42,43)/t28-/m1/s1. The first kappa shape index (κ1) is 34.4. The SMILES string of the molecule is CC(C)[C@@H](NS(=O)(=O)N1CCN(c2ccc(C#Cc3ccnc(C(=O)NCc4ccc(F)c(C(F)(F)F)c4)c3)cc2)CC1)C(=O)O. The fourth-order valence-electron chi connectivity index (χ4n) is 4.60. The molecule has 1 saturated heterocycles. The van der Waals surface area contributed by atoms with E-state index in [0.717, 1.165) is 11.8 Å². The zero-order chi connectivity index (χ0) is 33.6. The van der Waals surface area contributed by atoms with Gasteiger partial charge in [-0.15, -0.1) is 0 Å². The highest BCUT2D eigenvalue weighted by Crippen LogP contribution is 2.32. The number of aliphatic carboxylic acids is 1. The highest BCUT2D eigenvalue weighted by atomic mass is 32.2. The van der Waals surface area contributed by atoms with E-state index >= 15 is 0 Å². The molecule has 0 saturated carbocycles. The third-order valence-corrected chi connectivity index (χ3v) is 8.75. The molecule has 3 N–H and O–H groups in total. The Morgan fingerprint density at radius 1 is 0.978 bits per heavy atom. The number of piperazine rings is 1. The summed E-state index contributed by atoms with van der Waals surface area (Å²) in [6.45, 7) is 4.15. The fraction of sp³-hybridized carbons (Fsp3) is 0.323. The molecule has 2 aromatic carbocycles. The molecule has 1 amide bonds. The van der Waals surface area contributed by atoms with Crippen molar-refractivity contribution in [2.24, 2.45) is 5.92 Å². The van der Waals surface area contributed by atoms with Gasteiger partial charge in [0.25, 0.3) is 16.1 Å². The number of carboxylic acid groups (broad SMARTS) is 1. The average molecular weight is 662 g/mol. The lowest BCUT2D eigenvalue weighted by Gasteiger charge is -2.36. The van der Waals surface area contributed by atoms with Crippen LogP contribution in [-0.4, -0.2) is 66.9 Å². The quantitative estimate of drug-likeness (QED) is 0.236. The van der Waals surface area contributed by atoms with Crippen molar-refractivity contribution in [3.63, 3.8) is 0 Å². The summed E-state index contributed by atoms with van der Waals surface area (Å²) < 4.78 is 81.4. The van der Waals surface area contributed by atoms with Gasteiger partial charge in [-0.3, -0.25) is 14.6 Å². The van der Waals surface area contributed by atoms with E-state index in [1.54, 1.807) is 32.0 Å². The molecule has 1 aliphatic rings.